The average molecular weight is 981 g/mol. The molecule has 0 saturated heterocycles. The molecule has 6 rings (SSSR count). The highest BCUT2D eigenvalue weighted by Gasteiger charge is 2.27. The number of nitrogens with one attached hydrogen (secondary N) is 4. The maximum atomic E-state index is 13.0. The predicted molar refractivity (Wildman–Crippen MR) is 255 cm³/mol. The van der Waals surface area contributed by atoms with E-state index in [-0.39, 0.29) is 33.3 Å². The van der Waals surface area contributed by atoms with Gasteiger partial charge in [0.25, 0.3) is 11.1 Å². The van der Waals surface area contributed by atoms with Crippen LogP contribution >= 0.6 is 0 Å². The Labute approximate surface area is 394 Å². The van der Waals surface area contributed by atoms with Gasteiger partial charge in [0.15, 0.2) is 22.7 Å². The lowest BCUT2D eigenvalue weighted by atomic mass is 10.2. The average Bonchev–Trinajstić information content (AvgIpc) is 3.77. The molecule has 4 heterocycles. The Morgan fingerprint density at radius 2 is 1.00 bits per heavy atom. The molecule has 4 aromatic heterocycles. The van der Waals surface area contributed by atoms with Gasteiger partial charge < -0.3 is 29.2 Å². The van der Waals surface area contributed by atoms with E-state index < -0.39 is 43.2 Å². The van der Waals surface area contributed by atoms with Crippen LogP contribution in [0.3, 0.4) is 0 Å². The summed E-state index contributed by atoms with van der Waals surface area (Å²) in [5, 5.41) is 9.13. The van der Waals surface area contributed by atoms with Crippen molar-refractivity contribution < 1.29 is 35.9 Å². The van der Waals surface area contributed by atoms with Crippen molar-refractivity contribution in [1.82, 2.24) is 58.4 Å². The first-order valence-electron chi connectivity index (χ1n) is 22.0. The van der Waals surface area contributed by atoms with Gasteiger partial charge in [-0.3, -0.25) is 19.2 Å². The van der Waals surface area contributed by atoms with Crippen LogP contribution in [-0.2, 0) is 42.5 Å². The van der Waals surface area contributed by atoms with Crippen LogP contribution in [0.25, 0.3) is 33.8 Å². The molecule has 0 radical (unpaired) electrons. The lowest BCUT2D eigenvalue weighted by Crippen LogP contribution is -2.44. The van der Waals surface area contributed by atoms with Gasteiger partial charge >= 0.3 is 0 Å². The number of imidazole rings is 2. The molecule has 2 amide bonds. The predicted octanol–water partition coefficient (Wildman–Crippen LogP) is 3.00. The van der Waals surface area contributed by atoms with Crippen molar-refractivity contribution in [3.63, 3.8) is 0 Å². The number of amides is 2. The maximum absolute atomic E-state index is 13.0. The highest BCUT2D eigenvalue weighted by atomic mass is 32.2. The van der Waals surface area contributed by atoms with Crippen LogP contribution in [0.1, 0.15) is 77.4 Å². The van der Waals surface area contributed by atoms with E-state index in [1.165, 1.54) is 69.1 Å². The lowest BCUT2D eigenvalue weighted by Gasteiger charge is -2.18. The Balaban J connectivity index is 0.000000254. The molecule has 6 aromatic rings. The molecule has 24 heteroatoms. The van der Waals surface area contributed by atoms with Gasteiger partial charge in [-0.2, -0.15) is 9.44 Å². The standard InChI is InChI=1S/2C22H30N6O5S/c2*1-7-9-18-23-13(3)19-21(29)24-20(25-28(18)19)16-12-15(10-11-17(16)33-8-2)34(31,32)26-14(4)22(30)27(5)6/h2*10-12,14,26H,7-9H2,1-6H3,(H,24,25,29)/t2*14-/m10/s1. The minimum absolute atomic E-state index is 0.0947. The number of carbonyl (C=O) groups excluding carboxylic acids is 2. The first-order valence-corrected chi connectivity index (χ1v) is 24.9. The van der Waals surface area contributed by atoms with Gasteiger partial charge in [-0.25, -0.2) is 35.8 Å². The number of sulfonamides is 2. The summed E-state index contributed by atoms with van der Waals surface area (Å²) in [5.74, 6) is 1.51. The van der Waals surface area contributed by atoms with E-state index >= 15 is 0 Å². The van der Waals surface area contributed by atoms with E-state index in [0.717, 1.165) is 12.8 Å². The largest absolute Gasteiger partial charge is 0.493 e. The van der Waals surface area contributed by atoms with E-state index in [1.807, 2.05) is 13.8 Å². The van der Waals surface area contributed by atoms with Crippen LogP contribution in [0, 0.1) is 13.8 Å². The molecule has 0 aliphatic heterocycles. The zero-order valence-corrected chi connectivity index (χ0v) is 42.0. The van der Waals surface area contributed by atoms with E-state index in [0.29, 0.717) is 82.8 Å². The second-order valence-corrected chi connectivity index (χ2v) is 19.6. The third-order valence-corrected chi connectivity index (χ3v) is 13.4. The van der Waals surface area contributed by atoms with Crippen molar-refractivity contribution in [2.24, 2.45) is 0 Å². The smallest absolute Gasteiger partial charge is 0.277 e. The molecular weight excluding hydrogens is 921 g/mol. The minimum Gasteiger partial charge on any atom is -0.493 e. The number of hydrogen-bond donors (Lipinski definition) is 4. The van der Waals surface area contributed by atoms with Crippen molar-refractivity contribution in [1.29, 1.82) is 0 Å². The number of likely N-dealkylation sites (N-methyl/N-ethyl adjacent to an activating group) is 2. The highest BCUT2D eigenvalue weighted by Crippen LogP contribution is 2.32. The number of H-pyrrole nitrogens is 2. The minimum atomic E-state index is -4.06. The molecule has 0 spiro atoms. The highest BCUT2D eigenvalue weighted by molar-refractivity contribution is 7.89. The Hall–Kier alpha value is -6.50. The number of hydrogen-bond acceptors (Lipinski definition) is 14. The molecule has 0 unspecified atom stereocenters. The van der Waals surface area contributed by atoms with Crippen LogP contribution in [0.5, 0.6) is 11.5 Å². The summed E-state index contributed by atoms with van der Waals surface area (Å²) in [5.41, 5.74) is 1.61. The zero-order valence-electron chi connectivity index (χ0n) is 40.3. The fourth-order valence-corrected chi connectivity index (χ4v) is 9.69. The summed E-state index contributed by atoms with van der Waals surface area (Å²) in [6, 6.07) is 6.57. The second kappa shape index (κ2) is 21.6. The van der Waals surface area contributed by atoms with Gasteiger partial charge in [0.2, 0.25) is 31.9 Å². The number of fused-ring (bicyclic) bond motifs is 2. The van der Waals surface area contributed by atoms with Crippen molar-refractivity contribution in [3.8, 4) is 34.3 Å². The Morgan fingerprint density at radius 1 is 0.647 bits per heavy atom. The van der Waals surface area contributed by atoms with Crippen molar-refractivity contribution in [2.45, 2.75) is 103 Å². The monoisotopic (exact) mass is 980 g/mol. The van der Waals surface area contributed by atoms with Gasteiger partial charge in [-0.15, -0.1) is 10.2 Å². The molecule has 2 atom stereocenters. The van der Waals surface area contributed by atoms with Crippen LogP contribution in [0.4, 0.5) is 0 Å². The quantitative estimate of drug-likeness (QED) is 0.0964. The molecule has 22 nitrogen and oxygen atoms in total. The zero-order chi connectivity index (χ0) is 50.4. The van der Waals surface area contributed by atoms with Gasteiger partial charge in [-0.1, -0.05) is 13.8 Å². The van der Waals surface area contributed by atoms with Crippen LogP contribution < -0.4 is 30.0 Å². The molecule has 2 aromatic carbocycles. The van der Waals surface area contributed by atoms with Crippen molar-refractivity contribution in [3.05, 3.63) is 80.1 Å². The summed E-state index contributed by atoms with van der Waals surface area (Å²) in [4.78, 5) is 66.9. The van der Waals surface area contributed by atoms with Gasteiger partial charge in [0.1, 0.15) is 23.1 Å². The molecule has 0 aliphatic carbocycles. The summed E-state index contributed by atoms with van der Waals surface area (Å²) in [7, 11) is -1.93. The van der Waals surface area contributed by atoms with E-state index in [9.17, 15) is 36.0 Å². The van der Waals surface area contributed by atoms with Crippen molar-refractivity contribution >= 4 is 42.9 Å². The van der Waals surface area contributed by atoms with Gasteiger partial charge in [-0.05, 0) is 90.8 Å². The Kier molecular flexibility index (Phi) is 16.7. The summed E-state index contributed by atoms with van der Waals surface area (Å²) in [6.45, 7) is 14.7. The Bertz CT molecular complexity index is 2960. The molecule has 0 aliphatic rings. The Morgan fingerprint density at radius 3 is 1.31 bits per heavy atom. The third kappa shape index (κ3) is 11.4. The normalized spacial score (nSPS) is 12.6. The number of benzene rings is 2. The van der Waals surface area contributed by atoms with E-state index in [2.05, 4.69) is 39.6 Å². The first-order chi connectivity index (χ1) is 32.0. The van der Waals surface area contributed by atoms with Gasteiger partial charge in [0, 0.05) is 41.0 Å². The fraction of sp³-hybridized carbons (Fsp3) is 0.455. The topological polar surface area (TPSA) is 278 Å². The summed E-state index contributed by atoms with van der Waals surface area (Å²) in [6.07, 6.45) is 2.88. The lowest BCUT2D eigenvalue weighted by molar-refractivity contribution is -0.130. The number of carbonyl (C=O) groups is 2. The molecule has 0 saturated carbocycles. The van der Waals surface area contributed by atoms with E-state index in [4.69, 9.17) is 9.47 Å². The molecular formula is C44H60N12O10S2. The summed E-state index contributed by atoms with van der Waals surface area (Å²) < 4.78 is 71.2. The third-order valence-electron chi connectivity index (χ3n) is 10.4. The first kappa shape index (κ1) is 52.5. The number of nitrogens with zero attached hydrogens (tertiary/aromatic N) is 8. The van der Waals surface area contributed by atoms with E-state index in [1.54, 1.807) is 55.9 Å². The SMILES string of the molecule is CCCc1nc(C)c2c(=O)[nH]c(-c3cc(S(=O)(=O)N[C@@H](C)C(=O)N(C)C)ccc3OCC)nn12.CCCc1nc(C)c2c(=O)[nH]c(-c3cc(S(=O)(=O)N[C@H](C)C(=O)N(C)C)ccc3OCC)nn12. The van der Waals surface area contributed by atoms with Crippen LogP contribution in [0.15, 0.2) is 55.8 Å². The number of aromatic amines is 2. The number of aromatic nitrogens is 8. The fourth-order valence-electron chi connectivity index (χ4n) is 7.25. The molecule has 4 N–H and O–H groups in total. The number of aryl methyl sites for hydroxylation is 4. The van der Waals surface area contributed by atoms with Crippen molar-refractivity contribution in [2.75, 3.05) is 41.4 Å². The second-order valence-electron chi connectivity index (χ2n) is 16.2. The molecule has 68 heavy (non-hydrogen) atoms. The van der Waals surface area contributed by atoms with Crippen LogP contribution in [-0.4, -0.2) is 131 Å². The molecule has 0 fully saturated rings. The van der Waals surface area contributed by atoms with Crippen LogP contribution in [0.2, 0.25) is 0 Å². The number of rotatable bonds is 18. The van der Waals surface area contributed by atoms with Gasteiger partial charge in [0.05, 0.1) is 57.6 Å². The maximum Gasteiger partial charge on any atom is 0.277 e. The summed E-state index contributed by atoms with van der Waals surface area (Å²) >= 11 is 0. The molecule has 368 valence electrons. The number of ether oxygens (including phenoxy) is 2. The molecule has 0 bridgehead atoms.